The third kappa shape index (κ3) is 4.66. The van der Waals surface area contributed by atoms with E-state index in [0.29, 0.717) is 36.7 Å². The first-order valence-corrected chi connectivity index (χ1v) is 8.06. The fourth-order valence-corrected chi connectivity index (χ4v) is 2.17. The van der Waals surface area contributed by atoms with Crippen molar-refractivity contribution in [3.05, 3.63) is 54.0 Å². The van der Waals surface area contributed by atoms with Gasteiger partial charge in [-0.3, -0.25) is 0 Å². The minimum absolute atomic E-state index is 0.397. The summed E-state index contributed by atoms with van der Waals surface area (Å²) in [5.74, 6) is 2.35. The maximum absolute atomic E-state index is 5.52. The number of nitrogens with one attached hydrogen (secondary N) is 2. The molecular weight excluding hydrogens is 320 g/mol. The normalized spacial score (nSPS) is 11.5. The molecule has 2 aromatic heterocycles. The van der Waals surface area contributed by atoms with Gasteiger partial charge in [0.2, 0.25) is 11.8 Å². The van der Waals surface area contributed by atoms with Gasteiger partial charge in [0.1, 0.15) is 12.0 Å². The minimum Gasteiger partial charge on any atom is -0.444 e. The Morgan fingerprint density at radius 2 is 2.00 bits per heavy atom. The largest absolute Gasteiger partial charge is 0.444 e. The number of aromatic nitrogens is 3. The summed E-state index contributed by atoms with van der Waals surface area (Å²) in [5.41, 5.74) is 1.69. The Hall–Kier alpha value is -3.16. The molecule has 3 aromatic rings. The van der Waals surface area contributed by atoms with E-state index in [4.69, 9.17) is 8.94 Å². The van der Waals surface area contributed by atoms with Gasteiger partial charge in [0.25, 0.3) is 0 Å². The number of guanidine groups is 1. The van der Waals surface area contributed by atoms with Gasteiger partial charge in [0.15, 0.2) is 11.8 Å². The molecule has 0 aliphatic heterocycles. The van der Waals surface area contributed by atoms with Gasteiger partial charge in [0, 0.05) is 12.1 Å². The van der Waals surface area contributed by atoms with E-state index in [2.05, 4.69) is 30.8 Å². The molecule has 8 nitrogen and oxygen atoms in total. The SMILES string of the molecule is CCNC(=NCc1coc(-c2ccccc2)n1)NCc1nc(C)no1. The summed E-state index contributed by atoms with van der Waals surface area (Å²) in [4.78, 5) is 13.1. The minimum atomic E-state index is 0.397. The lowest BCUT2D eigenvalue weighted by molar-refractivity contribution is 0.371. The standard InChI is InChI=1S/C17H20N6O2/c1-3-18-17(20-10-15-21-12(2)23-25-15)19-9-14-11-24-16(22-14)13-7-5-4-6-8-13/h4-8,11H,3,9-10H2,1-2H3,(H2,18,19,20). The zero-order valence-electron chi connectivity index (χ0n) is 14.2. The fraction of sp³-hybridized carbons (Fsp3) is 0.294. The van der Waals surface area contributed by atoms with Crippen molar-refractivity contribution in [1.29, 1.82) is 0 Å². The van der Waals surface area contributed by atoms with Gasteiger partial charge in [-0.25, -0.2) is 9.98 Å². The summed E-state index contributed by atoms with van der Waals surface area (Å²) < 4.78 is 10.6. The van der Waals surface area contributed by atoms with E-state index in [1.165, 1.54) is 0 Å². The molecule has 0 fully saturated rings. The molecule has 3 rings (SSSR count). The Kier molecular flexibility index (Phi) is 5.40. The molecule has 0 saturated carbocycles. The number of benzene rings is 1. The van der Waals surface area contributed by atoms with Gasteiger partial charge in [-0.15, -0.1) is 0 Å². The molecule has 2 heterocycles. The van der Waals surface area contributed by atoms with E-state index in [1.807, 2.05) is 37.3 Å². The van der Waals surface area contributed by atoms with Crippen molar-refractivity contribution >= 4 is 5.96 Å². The van der Waals surface area contributed by atoms with Crippen molar-refractivity contribution in [2.45, 2.75) is 26.9 Å². The first-order valence-electron chi connectivity index (χ1n) is 8.06. The highest BCUT2D eigenvalue weighted by Gasteiger charge is 2.07. The van der Waals surface area contributed by atoms with Gasteiger partial charge >= 0.3 is 0 Å². The number of hydrogen-bond acceptors (Lipinski definition) is 6. The zero-order valence-corrected chi connectivity index (χ0v) is 14.2. The monoisotopic (exact) mass is 340 g/mol. The second kappa shape index (κ2) is 8.09. The Balaban J connectivity index is 1.62. The van der Waals surface area contributed by atoms with E-state index < -0.39 is 0 Å². The van der Waals surface area contributed by atoms with Crippen LogP contribution >= 0.6 is 0 Å². The average molecular weight is 340 g/mol. The Morgan fingerprint density at radius 3 is 2.72 bits per heavy atom. The van der Waals surface area contributed by atoms with Gasteiger partial charge in [-0.05, 0) is 26.0 Å². The Bertz CT molecular complexity index is 825. The molecule has 0 aliphatic rings. The molecule has 130 valence electrons. The molecular formula is C17H20N6O2. The van der Waals surface area contributed by atoms with Crippen molar-refractivity contribution in [3.8, 4) is 11.5 Å². The van der Waals surface area contributed by atoms with Crippen LogP contribution in [0.1, 0.15) is 24.3 Å². The maximum atomic E-state index is 5.52. The number of nitrogens with zero attached hydrogens (tertiary/aromatic N) is 4. The molecule has 0 radical (unpaired) electrons. The van der Waals surface area contributed by atoms with Crippen LogP contribution in [0.5, 0.6) is 0 Å². The maximum Gasteiger partial charge on any atom is 0.246 e. The second-order valence-corrected chi connectivity index (χ2v) is 5.29. The molecule has 1 aromatic carbocycles. The lowest BCUT2D eigenvalue weighted by Crippen LogP contribution is -2.36. The van der Waals surface area contributed by atoms with Crippen LogP contribution in [0.15, 0.2) is 50.5 Å². The van der Waals surface area contributed by atoms with Gasteiger partial charge in [-0.1, -0.05) is 23.4 Å². The summed E-state index contributed by atoms with van der Waals surface area (Å²) >= 11 is 0. The smallest absolute Gasteiger partial charge is 0.246 e. The quantitative estimate of drug-likeness (QED) is 0.524. The topological polar surface area (TPSA) is 101 Å². The van der Waals surface area contributed by atoms with E-state index in [0.717, 1.165) is 17.8 Å². The van der Waals surface area contributed by atoms with Gasteiger partial charge in [-0.2, -0.15) is 4.98 Å². The molecule has 0 amide bonds. The van der Waals surface area contributed by atoms with E-state index in [-0.39, 0.29) is 0 Å². The van der Waals surface area contributed by atoms with Crippen LogP contribution in [-0.2, 0) is 13.1 Å². The first-order chi connectivity index (χ1) is 12.2. The molecule has 0 aliphatic carbocycles. The number of aryl methyl sites for hydroxylation is 1. The van der Waals surface area contributed by atoms with Crippen LogP contribution in [0.3, 0.4) is 0 Å². The van der Waals surface area contributed by atoms with Crippen molar-refractivity contribution in [1.82, 2.24) is 25.8 Å². The summed E-state index contributed by atoms with van der Waals surface area (Å²) in [6.07, 6.45) is 1.62. The highest BCUT2D eigenvalue weighted by atomic mass is 16.5. The fourth-order valence-electron chi connectivity index (χ4n) is 2.17. The summed E-state index contributed by atoms with van der Waals surface area (Å²) in [6, 6.07) is 9.76. The molecule has 0 spiro atoms. The van der Waals surface area contributed by atoms with Crippen molar-refractivity contribution in [2.75, 3.05) is 6.54 Å². The van der Waals surface area contributed by atoms with Crippen molar-refractivity contribution in [2.24, 2.45) is 4.99 Å². The van der Waals surface area contributed by atoms with Crippen LogP contribution in [0.2, 0.25) is 0 Å². The number of rotatable bonds is 6. The highest BCUT2D eigenvalue weighted by molar-refractivity contribution is 5.79. The summed E-state index contributed by atoms with van der Waals surface area (Å²) in [6.45, 7) is 5.32. The predicted molar refractivity (Wildman–Crippen MR) is 92.6 cm³/mol. The molecule has 8 heteroatoms. The lowest BCUT2D eigenvalue weighted by atomic mass is 10.2. The lowest BCUT2D eigenvalue weighted by Gasteiger charge is -2.08. The molecule has 25 heavy (non-hydrogen) atoms. The first kappa shape index (κ1) is 16.7. The Morgan fingerprint density at radius 1 is 1.16 bits per heavy atom. The molecule has 0 atom stereocenters. The number of hydrogen-bond donors (Lipinski definition) is 2. The average Bonchev–Trinajstić information content (AvgIpc) is 3.27. The van der Waals surface area contributed by atoms with E-state index in [1.54, 1.807) is 13.2 Å². The van der Waals surface area contributed by atoms with Gasteiger partial charge < -0.3 is 19.6 Å². The third-order valence-electron chi connectivity index (χ3n) is 3.29. The van der Waals surface area contributed by atoms with E-state index in [9.17, 15) is 0 Å². The predicted octanol–water partition coefficient (Wildman–Crippen LogP) is 2.29. The molecule has 0 unspecified atom stereocenters. The number of aliphatic imine (C=N–C) groups is 1. The van der Waals surface area contributed by atoms with Crippen LogP contribution in [-0.4, -0.2) is 27.6 Å². The van der Waals surface area contributed by atoms with E-state index >= 15 is 0 Å². The molecule has 0 bridgehead atoms. The summed E-state index contributed by atoms with van der Waals surface area (Å²) in [5, 5.41) is 10.1. The van der Waals surface area contributed by atoms with Crippen LogP contribution in [0, 0.1) is 6.92 Å². The third-order valence-corrected chi connectivity index (χ3v) is 3.29. The van der Waals surface area contributed by atoms with Gasteiger partial charge in [0.05, 0.1) is 13.1 Å². The van der Waals surface area contributed by atoms with Crippen LogP contribution < -0.4 is 10.6 Å². The summed E-state index contributed by atoms with van der Waals surface area (Å²) in [7, 11) is 0. The molecule has 0 saturated heterocycles. The van der Waals surface area contributed by atoms with Crippen LogP contribution in [0.4, 0.5) is 0 Å². The molecule has 2 N–H and O–H groups in total. The van der Waals surface area contributed by atoms with Crippen LogP contribution in [0.25, 0.3) is 11.5 Å². The Labute approximate surface area is 145 Å². The van der Waals surface area contributed by atoms with Crippen molar-refractivity contribution < 1.29 is 8.94 Å². The zero-order chi connectivity index (χ0) is 17.5. The number of oxazole rings is 1. The second-order valence-electron chi connectivity index (χ2n) is 5.29. The van der Waals surface area contributed by atoms with Crippen molar-refractivity contribution in [3.63, 3.8) is 0 Å². The highest BCUT2D eigenvalue weighted by Crippen LogP contribution is 2.18.